The Labute approximate surface area is 210 Å². The summed E-state index contributed by atoms with van der Waals surface area (Å²) in [6.07, 6.45) is -0.177. The molecule has 1 aliphatic heterocycles. The smallest absolute Gasteiger partial charge is 0.243 e. The number of carbonyl (C=O) groups excluding carboxylic acids is 2. The van der Waals surface area contributed by atoms with Gasteiger partial charge in [0.2, 0.25) is 15.9 Å². The average molecular weight is 512 g/mol. The van der Waals surface area contributed by atoms with Crippen LogP contribution < -0.4 is 4.74 Å². The molecule has 0 atom stereocenters. The summed E-state index contributed by atoms with van der Waals surface area (Å²) in [6, 6.07) is 15.9. The highest BCUT2D eigenvalue weighted by Crippen LogP contribution is 2.35. The van der Waals surface area contributed by atoms with Gasteiger partial charge in [-0.1, -0.05) is 18.2 Å². The number of sulfonamides is 1. The molecular weight excluding hydrogens is 482 g/mol. The van der Waals surface area contributed by atoms with E-state index in [1.807, 2.05) is 37.3 Å². The van der Waals surface area contributed by atoms with Crippen LogP contribution in [-0.2, 0) is 26.2 Å². The Kier molecular flexibility index (Phi) is 7.12. The number of aryl methyl sites for hydroxylation is 1. The fourth-order valence-electron chi connectivity index (χ4n) is 4.53. The van der Waals surface area contributed by atoms with Gasteiger partial charge >= 0.3 is 0 Å². The van der Waals surface area contributed by atoms with Crippen molar-refractivity contribution in [3.8, 4) is 5.75 Å². The van der Waals surface area contributed by atoms with E-state index in [0.717, 1.165) is 26.5 Å². The summed E-state index contributed by atoms with van der Waals surface area (Å²) >= 11 is 0. The van der Waals surface area contributed by atoms with Crippen molar-refractivity contribution >= 4 is 32.6 Å². The number of Topliss-reactive ketones (excluding diaryl/α,β-unsaturated/α-hetero) is 1. The maximum atomic E-state index is 13.4. The highest BCUT2D eigenvalue weighted by Gasteiger charge is 2.52. The molecule has 36 heavy (non-hydrogen) atoms. The molecule has 2 heterocycles. The van der Waals surface area contributed by atoms with E-state index < -0.39 is 28.0 Å². The van der Waals surface area contributed by atoms with E-state index in [0.29, 0.717) is 12.4 Å². The first kappa shape index (κ1) is 25.7. The SMILES string of the molecule is CC(=O)N1CC(CC(=O)CO)(N(C)S(=O)(=O)c2ccc(OCc3cc(C)nc4ccccc34)cc2)C1. The van der Waals surface area contributed by atoms with Gasteiger partial charge in [0.1, 0.15) is 19.0 Å². The second kappa shape index (κ2) is 9.96. The molecular formula is C26H29N3O6S. The molecule has 0 bridgehead atoms. The number of rotatable bonds is 9. The van der Waals surface area contributed by atoms with Crippen molar-refractivity contribution in [1.29, 1.82) is 0 Å². The number of nitrogens with zero attached hydrogens (tertiary/aromatic N) is 3. The van der Waals surface area contributed by atoms with E-state index in [-0.39, 0.29) is 30.3 Å². The molecule has 1 aliphatic rings. The summed E-state index contributed by atoms with van der Waals surface area (Å²) in [7, 11) is -2.58. The quantitative estimate of drug-likeness (QED) is 0.468. The highest BCUT2D eigenvalue weighted by atomic mass is 32.2. The maximum Gasteiger partial charge on any atom is 0.243 e. The first-order valence-electron chi connectivity index (χ1n) is 11.5. The van der Waals surface area contributed by atoms with Gasteiger partial charge in [-0.25, -0.2) is 8.42 Å². The number of fused-ring (bicyclic) bond motifs is 1. The number of para-hydroxylation sites is 1. The van der Waals surface area contributed by atoms with Gasteiger partial charge in [0, 0.05) is 50.1 Å². The van der Waals surface area contributed by atoms with E-state index in [9.17, 15) is 23.1 Å². The molecule has 10 heteroatoms. The summed E-state index contributed by atoms with van der Waals surface area (Å²) in [5.74, 6) is -0.180. The van der Waals surface area contributed by atoms with E-state index in [2.05, 4.69) is 4.98 Å². The largest absolute Gasteiger partial charge is 0.489 e. The lowest BCUT2D eigenvalue weighted by Gasteiger charge is -2.53. The van der Waals surface area contributed by atoms with Crippen LogP contribution in [0.15, 0.2) is 59.5 Å². The third-order valence-electron chi connectivity index (χ3n) is 6.59. The molecule has 3 aromatic rings. The van der Waals surface area contributed by atoms with Crippen molar-refractivity contribution in [2.45, 2.75) is 37.3 Å². The predicted octanol–water partition coefficient (Wildman–Crippen LogP) is 2.30. The van der Waals surface area contributed by atoms with Crippen LogP contribution in [0.1, 0.15) is 24.6 Å². The van der Waals surface area contributed by atoms with Crippen LogP contribution in [0.2, 0.25) is 0 Å². The molecule has 1 N–H and O–H groups in total. The molecule has 190 valence electrons. The second-order valence-electron chi connectivity index (χ2n) is 9.15. The van der Waals surface area contributed by atoms with E-state index in [4.69, 9.17) is 4.74 Å². The van der Waals surface area contributed by atoms with Gasteiger partial charge in [-0.15, -0.1) is 0 Å². The van der Waals surface area contributed by atoms with Gasteiger partial charge in [-0.3, -0.25) is 14.6 Å². The molecule has 0 saturated carbocycles. The minimum atomic E-state index is -3.98. The number of amides is 1. The van der Waals surface area contributed by atoms with Gasteiger partial charge in [0.25, 0.3) is 0 Å². The molecule has 4 rings (SSSR count). The van der Waals surface area contributed by atoms with E-state index in [1.165, 1.54) is 31.0 Å². The molecule has 9 nitrogen and oxygen atoms in total. The Balaban J connectivity index is 1.51. The van der Waals surface area contributed by atoms with Crippen LogP contribution >= 0.6 is 0 Å². The van der Waals surface area contributed by atoms with Gasteiger partial charge in [0.05, 0.1) is 16.0 Å². The average Bonchev–Trinajstić information content (AvgIpc) is 2.83. The number of aromatic nitrogens is 1. The van der Waals surface area contributed by atoms with Crippen LogP contribution in [0.25, 0.3) is 10.9 Å². The number of likely N-dealkylation sites (tertiary alicyclic amines) is 1. The zero-order valence-corrected chi connectivity index (χ0v) is 21.3. The summed E-state index contributed by atoms with van der Waals surface area (Å²) < 4.78 is 33.9. The third-order valence-corrected chi connectivity index (χ3v) is 8.57. The second-order valence-corrected chi connectivity index (χ2v) is 11.1. The number of ketones is 1. The molecule has 1 aromatic heterocycles. The molecule has 2 aromatic carbocycles. The number of likely N-dealkylation sites (N-methyl/N-ethyl adjacent to an activating group) is 1. The minimum absolute atomic E-state index is 0.0413. The van der Waals surface area contributed by atoms with Crippen LogP contribution in [0.4, 0.5) is 0 Å². The molecule has 0 aliphatic carbocycles. The number of hydrogen-bond donors (Lipinski definition) is 1. The fourth-order valence-corrected chi connectivity index (χ4v) is 6.01. The van der Waals surface area contributed by atoms with Crippen molar-refractivity contribution in [3.63, 3.8) is 0 Å². The van der Waals surface area contributed by atoms with Gasteiger partial charge in [-0.05, 0) is 43.3 Å². The first-order valence-corrected chi connectivity index (χ1v) is 12.9. The van der Waals surface area contributed by atoms with E-state index >= 15 is 0 Å². The predicted molar refractivity (Wildman–Crippen MR) is 134 cm³/mol. The Morgan fingerprint density at radius 1 is 1.14 bits per heavy atom. The number of hydrogen-bond acceptors (Lipinski definition) is 7. The molecule has 0 unspecified atom stereocenters. The monoisotopic (exact) mass is 511 g/mol. The Morgan fingerprint density at radius 3 is 2.44 bits per heavy atom. The number of benzene rings is 2. The topological polar surface area (TPSA) is 117 Å². The minimum Gasteiger partial charge on any atom is -0.489 e. The Bertz CT molecular complexity index is 1400. The Morgan fingerprint density at radius 2 is 1.81 bits per heavy atom. The van der Waals surface area contributed by atoms with Gasteiger partial charge < -0.3 is 14.7 Å². The molecule has 1 amide bonds. The van der Waals surface area contributed by atoms with Crippen LogP contribution in [0.5, 0.6) is 5.75 Å². The summed E-state index contributed by atoms with van der Waals surface area (Å²) in [5, 5.41) is 10.2. The van der Waals surface area contributed by atoms with Crippen molar-refractivity contribution in [1.82, 2.24) is 14.2 Å². The Hall–Kier alpha value is -3.34. The highest BCUT2D eigenvalue weighted by molar-refractivity contribution is 7.89. The standard InChI is InChI=1S/C26H29N3O6S/c1-18-12-20(24-6-4-5-7-25(24)27-18)15-35-22-8-10-23(11-9-22)36(33,34)28(3)26(13-21(32)14-30)16-29(17-26)19(2)31/h4-12,30H,13-17H2,1-3H3. The zero-order valence-electron chi connectivity index (χ0n) is 20.5. The van der Waals surface area contributed by atoms with Gasteiger partial charge in [-0.2, -0.15) is 4.31 Å². The number of aliphatic hydroxyl groups is 1. The first-order chi connectivity index (χ1) is 17.1. The molecule has 0 spiro atoms. The lowest BCUT2D eigenvalue weighted by molar-refractivity contribution is -0.143. The number of carbonyl (C=O) groups is 2. The summed E-state index contributed by atoms with van der Waals surface area (Å²) in [4.78, 5) is 29.8. The maximum absolute atomic E-state index is 13.4. The lowest BCUT2D eigenvalue weighted by Crippen LogP contribution is -2.71. The fraction of sp³-hybridized carbons (Fsp3) is 0.346. The molecule has 0 radical (unpaired) electrons. The lowest BCUT2D eigenvalue weighted by atomic mass is 9.84. The van der Waals surface area contributed by atoms with Crippen molar-refractivity contribution < 1.29 is 27.9 Å². The van der Waals surface area contributed by atoms with Crippen molar-refractivity contribution in [3.05, 3.63) is 65.9 Å². The normalized spacial score (nSPS) is 15.1. The third kappa shape index (κ3) is 4.97. The van der Waals surface area contributed by atoms with Crippen LogP contribution in [0, 0.1) is 6.92 Å². The van der Waals surface area contributed by atoms with Crippen molar-refractivity contribution in [2.75, 3.05) is 26.7 Å². The van der Waals surface area contributed by atoms with E-state index in [1.54, 1.807) is 12.1 Å². The summed E-state index contributed by atoms with van der Waals surface area (Å²) in [6.45, 7) is 3.09. The summed E-state index contributed by atoms with van der Waals surface area (Å²) in [5.41, 5.74) is 1.64. The molecule has 1 saturated heterocycles. The zero-order chi connectivity index (χ0) is 26.1. The number of ether oxygens (including phenoxy) is 1. The van der Waals surface area contributed by atoms with Crippen LogP contribution in [0.3, 0.4) is 0 Å². The number of aliphatic hydroxyl groups excluding tert-OH is 1. The number of pyridine rings is 1. The van der Waals surface area contributed by atoms with Crippen LogP contribution in [-0.4, -0.2) is 71.7 Å². The molecule has 1 fully saturated rings. The van der Waals surface area contributed by atoms with Crippen molar-refractivity contribution in [2.24, 2.45) is 0 Å². The van der Waals surface area contributed by atoms with Gasteiger partial charge in [0.15, 0.2) is 5.78 Å².